The lowest BCUT2D eigenvalue weighted by atomic mass is 10.1. The normalized spacial score (nSPS) is 21.3. The summed E-state index contributed by atoms with van der Waals surface area (Å²) in [6.07, 6.45) is 6.31. The highest BCUT2D eigenvalue weighted by Gasteiger charge is 2.33. The molecule has 0 radical (unpaired) electrons. The summed E-state index contributed by atoms with van der Waals surface area (Å²) in [5.41, 5.74) is 0. The van der Waals surface area contributed by atoms with Crippen LogP contribution in [0, 0.1) is 17.2 Å². The second-order valence-electron chi connectivity index (χ2n) is 6.08. The SMILES string of the molecule is CCc1nccn1[C@H]1CCCN(S(=O)(=O)N(C)C[C@H](C)C#N)C1. The first-order valence-corrected chi connectivity index (χ1v) is 9.42. The summed E-state index contributed by atoms with van der Waals surface area (Å²) in [5.74, 6) is 0.663. The Balaban J connectivity index is 2.13. The van der Waals surface area contributed by atoms with Crippen LogP contribution in [-0.2, 0) is 16.6 Å². The average molecular weight is 339 g/mol. The zero-order valence-corrected chi connectivity index (χ0v) is 14.8. The lowest BCUT2D eigenvalue weighted by Crippen LogP contribution is -2.48. The van der Waals surface area contributed by atoms with Gasteiger partial charge in [0.25, 0.3) is 10.2 Å². The van der Waals surface area contributed by atoms with Crippen LogP contribution in [0.1, 0.15) is 38.6 Å². The summed E-state index contributed by atoms with van der Waals surface area (Å²) >= 11 is 0. The Bertz CT molecular complexity index is 664. The number of aryl methyl sites for hydroxylation is 1. The van der Waals surface area contributed by atoms with Gasteiger partial charge in [-0.1, -0.05) is 6.92 Å². The first-order chi connectivity index (χ1) is 10.9. The van der Waals surface area contributed by atoms with E-state index in [1.54, 1.807) is 20.2 Å². The van der Waals surface area contributed by atoms with E-state index in [0.717, 1.165) is 25.1 Å². The van der Waals surface area contributed by atoms with E-state index in [9.17, 15) is 8.42 Å². The van der Waals surface area contributed by atoms with Crippen LogP contribution in [0.3, 0.4) is 0 Å². The molecular formula is C15H25N5O2S. The van der Waals surface area contributed by atoms with Crippen LogP contribution < -0.4 is 0 Å². The molecule has 7 nitrogen and oxygen atoms in total. The standard InChI is InChI=1S/C15H25N5O2S/c1-4-15-17-7-9-20(15)14-6-5-8-19(12-14)23(21,22)18(3)11-13(2)10-16/h7,9,13-14H,4-6,8,11-12H2,1-3H3/t13-,14+/m1/s1. The van der Waals surface area contributed by atoms with Crippen LogP contribution in [0.2, 0.25) is 0 Å². The summed E-state index contributed by atoms with van der Waals surface area (Å²) in [6, 6.07) is 2.20. The fourth-order valence-electron chi connectivity index (χ4n) is 3.03. The Morgan fingerprint density at radius 3 is 2.96 bits per heavy atom. The maximum Gasteiger partial charge on any atom is 0.281 e. The van der Waals surface area contributed by atoms with E-state index in [0.29, 0.717) is 13.1 Å². The fraction of sp³-hybridized carbons (Fsp3) is 0.733. The average Bonchev–Trinajstić information content (AvgIpc) is 3.03. The second-order valence-corrected chi connectivity index (χ2v) is 8.11. The van der Waals surface area contributed by atoms with Crippen LogP contribution in [0.25, 0.3) is 0 Å². The summed E-state index contributed by atoms with van der Waals surface area (Å²) in [5, 5.41) is 8.89. The Hall–Kier alpha value is -1.43. The van der Waals surface area contributed by atoms with E-state index < -0.39 is 10.2 Å². The van der Waals surface area contributed by atoms with Crippen LogP contribution in [-0.4, -0.2) is 53.3 Å². The molecular weight excluding hydrogens is 314 g/mol. The van der Waals surface area contributed by atoms with E-state index in [2.05, 4.69) is 15.6 Å². The molecule has 2 heterocycles. The van der Waals surface area contributed by atoms with Crippen molar-refractivity contribution in [3.05, 3.63) is 18.2 Å². The van der Waals surface area contributed by atoms with Crippen LogP contribution in [0.5, 0.6) is 0 Å². The van der Waals surface area contributed by atoms with Gasteiger partial charge in [0.15, 0.2) is 0 Å². The van der Waals surface area contributed by atoms with Crippen molar-refractivity contribution < 1.29 is 8.42 Å². The minimum Gasteiger partial charge on any atom is -0.331 e. The van der Waals surface area contributed by atoms with E-state index in [-0.39, 0.29) is 18.5 Å². The molecule has 0 aliphatic carbocycles. The Morgan fingerprint density at radius 1 is 1.57 bits per heavy atom. The predicted octanol–water partition coefficient (Wildman–Crippen LogP) is 1.42. The molecule has 2 atom stereocenters. The Kier molecular flexibility index (Phi) is 5.79. The third-order valence-corrected chi connectivity index (χ3v) is 6.21. The molecule has 0 aromatic carbocycles. The fourth-order valence-corrected chi connectivity index (χ4v) is 4.55. The summed E-state index contributed by atoms with van der Waals surface area (Å²) in [6.45, 7) is 4.97. The van der Waals surface area contributed by atoms with Gasteiger partial charge in [-0.3, -0.25) is 0 Å². The number of aromatic nitrogens is 2. The Morgan fingerprint density at radius 2 is 2.30 bits per heavy atom. The number of rotatable bonds is 6. The number of nitriles is 1. The summed E-state index contributed by atoms with van der Waals surface area (Å²) in [7, 11) is -1.99. The van der Waals surface area contributed by atoms with Crippen molar-refractivity contribution in [1.29, 1.82) is 5.26 Å². The number of nitrogens with zero attached hydrogens (tertiary/aromatic N) is 5. The van der Waals surface area contributed by atoms with Gasteiger partial charge in [-0.05, 0) is 19.8 Å². The molecule has 0 spiro atoms. The molecule has 0 amide bonds. The van der Waals surface area contributed by atoms with Gasteiger partial charge in [0, 0.05) is 51.5 Å². The second kappa shape index (κ2) is 7.43. The van der Waals surface area contributed by atoms with Crippen molar-refractivity contribution in [2.75, 3.05) is 26.7 Å². The van der Waals surface area contributed by atoms with Gasteiger partial charge in [0.05, 0.1) is 12.0 Å². The Labute approximate surface area is 138 Å². The molecule has 0 N–H and O–H groups in total. The smallest absolute Gasteiger partial charge is 0.281 e. The predicted molar refractivity (Wildman–Crippen MR) is 87.8 cm³/mol. The van der Waals surface area contributed by atoms with Crippen molar-refractivity contribution in [2.24, 2.45) is 5.92 Å². The van der Waals surface area contributed by atoms with Crippen molar-refractivity contribution in [3.8, 4) is 6.07 Å². The van der Waals surface area contributed by atoms with E-state index >= 15 is 0 Å². The molecule has 1 saturated heterocycles. The number of imidazole rings is 1. The lowest BCUT2D eigenvalue weighted by molar-refractivity contribution is 0.247. The molecule has 0 unspecified atom stereocenters. The molecule has 1 aliphatic heterocycles. The topological polar surface area (TPSA) is 82.2 Å². The van der Waals surface area contributed by atoms with Crippen LogP contribution in [0.15, 0.2) is 12.4 Å². The lowest BCUT2D eigenvalue weighted by Gasteiger charge is -2.35. The third-order valence-electron chi connectivity index (χ3n) is 4.29. The minimum atomic E-state index is -3.53. The molecule has 1 aromatic heterocycles. The van der Waals surface area contributed by atoms with Crippen molar-refractivity contribution in [2.45, 2.75) is 39.2 Å². The highest BCUT2D eigenvalue weighted by atomic mass is 32.2. The van der Waals surface area contributed by atoms with Gasteiger partial charge in [-0.25, -0.2) is 4.98 Å². The molecule has 128 valence electrons. The first kappa shape index (κ1) is 17.9. The van der Waals surface area contributed by atoms with E-state index in [1.807, 2.05) is 13.1 Å². The number of piperidine rings is 1. The number of hydrogen-bond donors (Lipinski definition) is 0. The number of hydrogen-bond acceptors (Lipinski definition) is 4. The highest BCUT2D eigenvalue weighted by molar-refractivity contribution is 7.86. The van der Waals surface area contributed by atoms with Gasteiger partial charge in [-0.15, -0.1) is 0 Å². The molecule has 1 aromatic rings. The van der Waals surface area contributed by atoms with Gasteiger partial charge in [-0.2, -0.15) is 22.3 Å². The largest absolute Gasteiger partial charge is 0.331 e. The minimum absolute atomic E-state index is 0.123. The summed E-state index contributed by atoms with van der Waals surface area (Å²) < 4.78 is 30.4. The zero-order chi connectivity index (χ0) is 17.0. The highest BCUT2D eigenvalue weighted by Crippen LogP contribution is 2.25. The van der Waals surface area contributed by atoms with Crippen molar-refractivity contribution >= 4 is 10.2 Å². The van der Waals surface area contributed by atoms with E-state index in [4.69, 9.17) is 5.26 Å². The maximum absolute atomic E-state index is 12.7. The van der Waals surface area contributed by atoms with Crippen LogP contribution in [0.4, 0.5) is 0 Å². The van der Waals surface area contributed by atoms with Gasteiger partial charge < -0.3 is 4.57 Å². The molecule has 1 fully saturated rings. The molecule has 2 rings (SSSR count). The molecule has 8 heteroatoms. The van der Waals surface area contributed by atoms with Crippen molar-refractivity contribution in [1.82, 2.24) is 18.2 Å². The zero-order valence-electron chi connectivity index (χ0n) is 14.0. The van der Waals surface area contributed by atoms with Gasteiger partial charge in [0.2, 0.25) is 0 Å². The van der Waals surface area contributed by atoms with E-state index in [1.165, 1.54) is 8.61 Å². The molecule has 23 heavy (non-hydrogen) atoms. The monoisotopic (exact) mass is 339 g/mol. The van der Waals surface area contributed by atoms with Crippen LogP contribution >= 0.6 is 0 Å². The quantitative estimate of drug-likeness (QED) is 0.785. The van der Waals surface area contributed by atoms with Gasteiger partial charge in [0.1, 0.15) is 5.82 Å². The molecule has 1 aliphatic rings. The van der Waals surface area contributed by atoms with Crippen molar-refractivity contribution in [3.63, 3.8) is 0 Å². The molecule has 0 saturated carbocycles. The maximum atomic E-state index is 12.7. The molecule has 0 bridgehead atoms. The first-order valence-electron chi connectivity index (χ1n) is 8.02. The summed E-state index contributed by atoms with van der Waals surface area (Å²) in [4.78, 5) is 4.33. The third kappa shape index (κ3) is 3.91. The van der Waals surface area contributed by atoms with Gasteiger partial charge >= 0.3 is 0 Å².